The summed E-state index contributed by atoms with van der Waals surface area (Å²) in [6, 6.07) is 0. The molecule has 0 spiro atoms. The van der Waals surface area contributed by atoms with Crippen molar-refractivity contribution in [2.75, 3.05) is 0 Å². The Bertz CT molecular complexity index is 170. The SMILES string of the molecule is CCCCC(C)(OC(N)=O)C(C)O. The Kier molecular flexibility index (Phi) is 4.77. The molecule has 0 aromatic carbocycles. The lowest BCUT2D eigenvalue weighted by molar-refractivity contribution is -0.0648. The van der Waals surface area contributed by atoms with Crippen LogP contribution in [0.2, 0.25) is 0 Å². The molecule has 0 saturated heterocycles. The van der Waals surface area contributed by atoms with Crippen LogP contribution in [-0.4, -0.2) is 22.9 Å². The summed E-state index contributed by atoms with van der Waals surface area (Å²) in [5, 5.41) is 9.41. The molecule has 0 fully saturated rings. The summed E-state index contributed by atoms with van der Waals surface area (Å²) in [5.41, 5.74) is 4.07. The first-order chi connectivity index (χ1) is 5.92. The van der Waals surface area contributed by atoms with Gasteiger partial charge < -0.3 is 15.6 Å². The molecule has 4 heteroatoms. The molecule has 0 rings (SSSR count). The fourth-order valence-corrected chi connectivity index (χ4v) is 1.10. The van der Waals surface area contributed by atoms with Crippen LogP contribution in [0.3, 0.4) is 0 Å². The maximum absolute atomic E-state index is 10.6. The highest BCUT2D eigenvalue weighted by molar-refractivity contribution is 5.65. The van der Waals surface area contributed by atoms with Gasteiger partial charge in [0.05, 0.1) is 6.10 Å². The van der Waals surface area contributed by atoms with Crippen LogP contribution in [0.15, 0.2) is 0 Å². The highest BCUT2D eigenvalue weighted by Crippen LogP contribution is 2.22. The molecule has 4 nitrogen and oxygen atoms in total. The lowest BCUT2D eigenvalue weighted by Crippen LogP contribution is -2.43. The van der Waals surface area contributed by atoms with E-state index in [1.54, 1.807) is 13.8 Å². The lowest BCUT2D eigenvalue weighted by atomic mass is 9.93. The van der Waals surface area contributed by atoms with Gasteiger partial charge in [0, 0.05) is 0 Å². The van der Waals surface area contributed by atoms with Gasteiger partial charge in [-0.25, -0.2) is 4.79 Å². The van der Waals surface area contributed by atoms with Crippen LogP contribution >= 0.6 is 0 Å². The second kappa shape index (κ2) is 5.07. The number of carbonyl (C=O) groups excluding carboxylic acids is 1. The van der Waals surface area contributed by atoms with Gasteiger partial charge in [0.1, 0.15) is 5.60 Å². The predicted octanol–water partition coefficient (Wildman–Crippen LogP) is 1.41. The Balaban J connectivity index is 4.24. The van der Waals surface area contributed by atoms with Gasteiger partial charge in [0.25, 0.3) is 0 Å². The molecule has 0 aromatic rings. The zero-order valence-electron chi connectivity index (χ0n) is 8.54. The van der Waals surface area contributed by atoms with Crippen molar-refractivity contribution in [3.05, 3.63) is 0 Å². The number of primary amides is 1. The largest absolute Gasteiger partial charge is 0.441 e. The molecule has 1 amide bonds. The standard InChI is InChI=1S/C9H19NO3/c1-4-5-6-9(3,7(2)11)13-8(10)12/h7,11H,4-6H2,1-3H3,(H2,10,12). The molecule has 3 N–H and O–H groups in total. The average Bonchev–Trinajstić information content (AvgIpc) is 1.99. The van der Waals surface area contributed by atoms with E-state index in [2.05, 4.69) is 0 Å². The van der Waals surface area contributed by atoms with E-state index < -0.39 is 17.8 Å². The van der Waals surface area contributed by atoms with E-state index in [0.717, 1.165) is 12.8 Å². The average molecular weight is 189 g/mol. The fourth-order valence-electron chi connectivity index (χ4n) is 1.10. The van der Waals surface area contributed by atoms with Crippen LogP contribution < -0.4 is 5.73 Å². The molecule has 0 aliphatic rings. The molecule has 0 aromatic heterocycles. The van der Waals surface area contributed by atoms with Crippen LogP contribution in [-0.2, 0) is 4.74 Å². The van der Waals surface area contributed by atoms with Gasteiger partial charge in [-0.2, -0.15) is 0 Å². The number of nitrogens with two attached hydrogens (primary N) is 1. The number of carbonyl (C=O) groups is 1. The van der Waals surface area contributed by atoms with Crippen molar-refractivity contribution in [1.29, 1.82) is 0 Å². The van der Waals surface area contributed by atoms with E-state index in [0.29, 0.717) is 6.42 Å². The number of hydrogen-bond acceptors (Lipinski definition) is 3. The summed E-state index contributed by atoms with van der Waals surface area (Å²) < 4.78 is 4.89. The van der Waals surface area contributed by atoms with Gasteiger partial charge in [0.2, 0.25) is 0 Å². The number of ether oxygens (including phenoxy) is 1. The Morgan fingerprint density at radius 1 is 1.69 bits per heavy atom. The summed E-state index contributed by atoms with van der Waals surface area (Å²) >= 11 is 0. The Labute approximate surface area is 79.1 Å². The zero-order valence-corrected chi connectivity index (χ0v) is 8.54. The Morgan fingerprint density at radius 3 is 2.54 bits per heavy atom. The molecule has 2 atom stereocenters. The molecule has 13 heavy (non-hydrogen) atoms. The third-order valence-corrected chi connectivity index (χ3v) is 2.24. The van der Waals surface area contributed by atoms with E-state index in [9.17, 15) is 9.90 Å². The van der Waals surface area contributed by atoms with Crippen LogP contribution in [0.5, 0.6) is 0 Å². The molecule has 0 bridgehead atoms. The van der Waals surface area contributed by atoms with Gasteiger partial charge in [-0.3, -0.25) is 0 Å². The summed E-state index contributed by atoms with van der Waals surface area (Å²) in [5.74, 6) is 0. The van der Waals surface area contributed by atoms with E-state index in [4.69, 9.17) is 10.5 Å². The highest BCUT2D eigenvalue weighted by atomic mass is 16.6. The fraction of sp³-hybridized carbons (Fsp3) is 0.889. The minimum absolute atomic E-state index is 0.629. The highest BCUT2D eigenvalue weighted by Gasteiger charge is 2.32. The van der Waals surface area contributed by atoms with E-state index in [1.165, 1.54) is 0 Å². The normalized spacial score (nSPS) is 17.5. The summed E-state index contributed by atoms with van der Waals surface area (Å²) in [4.78, 5) is 10.6. The topological polar surface area (TPSA) is 72.5 Å². The lowest BCUT2D eigenvalue weighted by Gasteiger charge is -2.31. The van der Waals surface area contributed by atoms with Gasteiger partial charge in [0.15, 0.2) is 0 Å². The minimum atomic E-state index is -0.845. The van der Waals surface area contributed by atoms with Crippen molar-refractivity contribution in [2.45, 2.75) is 51.7 Å². The molecule has 2 unspecified atom stereocenters. The maximum Gasteiger partial charge on any atom is 0.405 e. The second-order valence-corrected chi connectivity index (χ2v) is 3.51. The van der Waals surface area contributed by atoms with Crippen LogP contribution in [0.4, 0.5) is 4.79 Å². The summed E-state index contributed by atoms with van der Waals surface area (Å²) in [7, 11) is 0. The molecular formula is C9H19NO3. The Hall–Kier alpha value is -0.770. The van der Waals surface area contributed by atoms with Crippen molar-refractivity contribution in [3.63, 3.8) is 0 Å². The molecule has 78 valence electrons. The number of aliphatic hydroxyl groups is 1. The zero-order chi connectivity index (χ0) is 10.5. The third-order valence-electron chi connectivity index (χ3n) is 2.24. The number of amides is 1. The van der Waals surface area contributed by atoms with Gasteiger partial charge in [-0.1, -0.05) is 13.3 Å². The molecule has 0 saturated carbocycles. The molecular weight excluding hydrogens is 170 g/mol. The quantitative estimate of drug-likeness (QED) is 0.686. The number of hydrogen-bond donors (Lipinski definition) is 2. The van der Waals surface area contributed by atoms with Crippen LogP contribution in [0.25, 0.3) is 0 Å². The van der Waals surface area contributed by atoms with Crippen molar-refractivity contribution in [1.82, 2.24) is 0 Å². The first-order valence-corrected chi connectivity index (χ1v) is 4.59. The third kappa shape index (κ3) is 4.12. The van der Waals surface area contributed by atoms with E-state index >= 15 is 0 Å². The van der Waals surface area contributed by atoms with Crippen molar-refractivity contribution in [3.8, 4) is 0 Å². The molecule has 0 aliphatic heterocycles. The number of unbranched alkanes of at least 4 members (excludes halogenated alkanes) is 1. The number of rotatable bonds is 5. The van der Waals surface area contributed by atoms with Crippen molar-refractivity contribution in [2.24, 2.45) is 5.73 Å². The van der Waals surface area contributed by atoms with E-state index in [1.807, 2.05) is 6.92 Å². The monoisotopic (exact) mass is 189 g/mol. The van der Waals surface area contributed by atoms with Gasteiger partial charge in [-0.15, -0.1) is 0 Å². The number of aliphatic hydroxyl groups excluding tert-OH is 1. The van der Waals surface area contributed by atoms with Gasteiger partial charge in [-0.05, 0) is 26.7 Å². The van der Waals surface area contributed by atoms with Gasteiger partial charge >= 0.3 is 6.09 Å². The van der Waals surface area contributed by atoms with E-state index in [-0.39, 0.29) is 0 Å². The summed E-state index contributed by atoms with van der Waals surface area (Å²) in [6.45, 7) is 5.32. The van der Waals surface area contributed by atoms with Crippen molar-refractivity contribution >= 4 is 6.09 Å². The summed E-state index contributed by atoms with van der Waals surface area (Å²) in [6.07, 6.45) is 0.981. The van der Waals surface area contributed by atoms with Crippen LogP contribution in [0.1, 0.15) is 40.0 Å². The molecule has 0 aliphatic carbocycles. The smallest absolute Gasteiger partial charge is 0.405 e. The molecule has 0 heterocycles. The maximum atomic E-state index is 10.6. The first kappa shape index (κ1) is 12.2. The Morgan fingerprint density at radius 2 is 2.23 bits per heavy atom. The first-order valence-electron chi connectivity index (χ1n) is 4.59. The molecule has 0 radical (unpaired) electrons. The van der Waals surface area contributed by atoms with Crippen molar-refractivity contribution < 1.29 is 14.6 Å². The van der Waals surface area contributed by atoms with Crippen LogP contribution in [0, 0.1) is 0 Å². The minimum Gasteiger partial charge on any atom is -0.441 e. The second-order valence-electron chi connectivity index (χ2n) is 3.51. The predicted molar refractivity (Wildman–Crippen MR) is 50.3 cm³/mol.